The average molecular weight is 390 g/mol. The molecule has 0 atom stereocenters. The van der Waals surface area contributed by atoms with Crippen LogP contribution in [0.4, 0.5) is 0 Å². The Morgan fingerprint density at radius 3 is 2.85 bits per heavy atom. The van der Waals surface area contributed by atoms with Gasteiger partial charge in [0.15, 0.2) is 5.11 Å². The zero-order valence-corrected chi connectivity index (χ0v) is 17.0. The number of pyridine rings is 1. The SMILES string of the molecule is CCNC(=S)N(CC[NH+]1CCOCC1)Cc1cc2cc(C)ccc2[nH]c1=O. The number of hydrogen-bond donors (Lipinski definition) is 3. The third-order valence-electron chi connectivity index (χ3n) is 4.99. The second-order valence-corrected chi connectivity index (χ2v) is 7.47. The van der Waals surface area contributed by atoms with Gasteiger partial charge in [-0.1, -0.05) is 11.6 Å². The summed E-state index contributed by atoms with van der Waals surface area (Å²) in [5.41, 5.74) is 2.74. The monoisotopic (exact) mass is 389 g/mol. The Bertz CT molecular complexity index is 845. The van der Waals surface area contributed by atoms with Crippen molar-refractivity contribution < 1.29 is 9.64 Å². The summed E-state index contributed by atoms with van der Waals surface area (Å²) >= 11 is 5.57. The number of aromatic nitrogens is 1. The Morgan fingerprint density at radius 1 is 1.33 bits per heavy atom. The van der Waals surface area contributed by atoms with Gasteiger partial charge in [0.25, 0.3) is 5.56 Å². The number of fused-ring (bicyclic) bond motifs is 1. The fourth-order valence-electron chi connectivity index (χ4n) is 3.41. The summed E-state index contributed by atoms with van der Waals surface area (Å²) in [5, 5.41) is 4.99. The van der Waals surface area contributed by atoms with E-state index in [1.807, 2.05) is 25.1 Å². The van der Waals surface area contributed by atoms with Crippen LogP contribution in [0.3, 0.4) is 0 Å². The predicted molar refractivity (Wildman–Crippen MR) is 112 cm³/mol. The topological polar surface area (TPSA) is 61.8 Å². The normalized spacial score (nSPS) is 15.0. The number of H-pyrrole nitrogens is 1. The molecule has 1 fully saturated rings. The molecule has 146 valence electrons. The van der Waals surface area contributed by atoms with Gasteiger partial charge >= 0.3 is 0 Å². The van der Waals surface area contributed by atoms with Crippen LogP contribution in [0.5, 0.6) is 0 Å². The molecule has 6 nitrogen and oxygen atoms in total. The van der Waals surface area contributed by atoms with Crippen LogP contribution in [0.25, 0.3) is 10.9 Å². The van der Waals surface area contributed by atoms with Gasteiger partial charge in [-0.05, 0) is 49.7 Å². The summed E-state index contributed by atoms with van der Waals surface area (Å²) < 4.78 is 5.44. The minimum absolute atomic E-state index is 0.0469. The molecule has 3 N–H and O–H groups in total. The predicted octanol–water partition coefficient (Wildman–Crippen LogP) is 0.448. The van der Waals surface area contributed by atoms with Crippen molar-refractivity contribution in [2.75, 3.05) is 45.9 Å². The number of aryl methyl sites for hydroxylation is 1. The first-order chi connectivity index (χ1) is 13.1. The number of morpholine rings is 1. The molecule has 2 heterocycles. The second kappa shape index (κ2) is 9.30. The van der Waals surface area contributed by atoms with Crippen molar-refractivity contribution in [3.63, 3.8) is 0 Å². The number of ether oxygens (including phenoxy) is 1. The van der Waals surface area contributed by atoms with E-state index in [2.05, 4.69) is 28.2 Å². The molecule has 3 rings (SSSR count). The highest BCUT2D eigenvalue weighted by Crippen LogP contribution is 2.14. The lowest BCUT2D eigenvalue weighted by atomic mass is 10.1. The van der Waals surface area contributed by atoms with Gasteiger partial charge in [-0.3, -0.25) is 4.79 Å². The van der Waals surface area contributed by atoms with Crippen LogP contribution in [0.15, 0.2) is 29.1 Å². The van der Waals surface area contributed by atoms with Crippen molar-refractivity contribution in [3.8, 4) is 0 Å². The number of nitrogens with zero attached hydrogens (tertiary/aromatic N) is 1. The molecule has 1 aromatic heterocycles. The zero-order chi connectivity index (χ0) is 19.2. The van der Waals surface area contributed by atoms with Gasteiger partial charge in [-0.2, -0.15) is 0 Å². The summed E-state index contributed by atoms with van der Waals surface area (Å²) in [4.78, 5) is 19.2. The summed E-state index contributed by atoms with van der Waals surface area (Å²) in [6, 6.07) is 8.05. The van der Waals surface area contributed by atoms with E-state index in [-0.39, 0.29) is 5.56 Å². The van der Waals surface area contributed by atoms with Gasteiger partial charge in [0.1, 0.15) is 13.1 Å². The average Bonchev–Trinajstić information content (AvgIpc) is 2.66. The summed E-state index contributed by atoms with van der Waals surface area (Å²) in [7, 11) is 0. The highest BCUT2D eigenvalue weighted by Gasteiger charge is 2.18. The van der Waals surface area contributed by atoms with Crippen molar-refractivity contribution in [2.24, 2.45) is 0 Å². The summed E-state index contributed by atoms with van der Waals surface area (Å²) in [5.74, 6) is 0. The highest BCUT2D eigenvalue weighted by molar-refractivity contribution is 7.80. The Hall–Kier alpha value is -1.96. The van der Waals surface area contributed by atoms with E-state index >= 15 is 0 Å². The first-order valence-corrected chi connectivity index (χ1v) is 10.0. The molecule has 0 radical (unpaired) electrons. The zero-order valence-electron chi connectivity index (χ0n) is 16.1. The van der Waals surface area contributed by atoms with E-state index < -0.39 is 0 Å². The van der Waals surface area contributed by atoms with Crippen molar-refractivity contribution >= 4 is 28.2 Å². The molecular weight excluding hydrogens is 360 g/mol. The number of thiocarbonyl (C=S) groups is 1. The lowest BCUT2D eigenvalue weighted by Crippen LogP contribution is -3.14. The molecule has 0 saturated carbocycles. The summed E-state index contributed by atoms with van der Waals surface area (Å²) in [6.07, 6.45) is 0. The molecule has 0 amide bonds. The number of rotatable bonds is 6. The molecule has 1 aliphatic rings. The van der Waals surface area contributed by atoms with Crippen LogP contribution >= 0.6 is 12.2 Å². The summed E-state index contributed by atoms with van der Waals surface area (Å²) in [6.45, 7) is 10.8. The van der Waals surface area contributed by atoms with Crippen LogP contribution in [-0.2, 0) is 11.3 Å². The molecule has 0 spiro atoms. The fraction of sp³-hybridized carbons (Fsp3) is 0.500. The number of quaternary nitrogens is 1. The first-order valence-electron chi connectivity index (χ1n) is 9.63. The second-order valence-electron chi connectivity index (χ2n) is 7.08. The van der Waals surface area contributed by atoms with E-state index in [4.69, 9.17) is 17.0 Å². The van der Waals surface area contributed by atoms with E-state index in [0.717, 1.165) is 62.4 Å². The van der Waals surface area contributed by atoms with Crippen LogP contribution in [0.1, 0.15) is 18.1 Å². The number of benzene rings is 1. The Labute approximate surface area is 165 Å². The Kier molecular flexibility index (Phi) is 6.82. The molecule has 0 unspecified atom stereocenters. The maximum Gasteiger partial charge on any atom is 0.253 e. The van der Waals surface area contributed by atoms with Gasteiger partial charge in [-0.25, -0.2) is 0 Å². The minimum Gasteiger partial charge on any atom is -0.370 e. The van der Waals surface area contributed by atoms with Crippen molar-refractivity contribution in [1.29, 1.82) is 0 Å². The Balaban J connectivity index is 1.77. The van der Waals surface area contributed by atoms with Gasteiger partial charge < -0.3 is 24.8 Å². The van der Waals surface area contributed by atoms with E-state index in [1.165, 1.54) is 10.5 Å². The third-order valence-corrected chi connectivity index (χ3v) is 5.39. The van der Waals surface area contributed by atoms with Crippen LogP contribution in [-0.4, -0.2) is 60.9 Å². The van der Waals surface area contributed by atoms with Crippen LogP contribution in [0, 0.1) is 6.92 Å². The number of aromatic amines is 1. The molecule has 0 aliphatic carbocycles. The quantitative estimate of drug-likeness (QED) is 0.626. The van der Waals surface area contributed by atoms with Crippen molar-refractivity contribution in [1.82, 2.24) is 15.2 Å². The first kappa shape index (κ1) is 19.8. The molecule has 2 aromatic rings. The number of hydrogen-bond acceptors (Lipinski definition) is 3. The van der Waals surface area contributed by atoms with Crippen molar-refractivity contribution in [3.05, 3.63) is 45.7 Å². The van der Waals surface area contributed by atoms with Gasteiger partial charge in [0, 0.05) is 17.6 Å². The number of nitrogens with one attached hydrogen (secondary N) is 3. The molecule has 1 saturated heterocycles. The maximum atomic E-state index is 12.6. The fourth-order valence-corrected chi connectivity index (χ4v) is 3.71. The molecule has 0 bridgehead atoms. The molecule has 27 heavy (non-hydrogen) atoms. The van der Waals surface area contributed by atoms with Gasteiger partial charge in [0.2, 0.25) is 0 Å². The largest absolute Gasteiger partial charge is 0.370 e. The van der Waals surface area contributed by atoms with E-state index in [9.17, 15) is 4.79 Å². The third kappa shape index (κ3) is 5.28. The van der Waals surface area contributed by atoms with E-state index in [1.54, 1.807) is 0 Å². The maximum absolute atomic E-state index is 12.6. The van der Waals surface area contributed by atoms with Crippen LogP contribution < -0.4 is 15.8 Å². The highest BCUT2D eigenvalue weighted by atomic mass is 32.1. The molecule has 1 aliphatic heterocycles. The van der Waals surface area contributed by atoms with Crippen molar-refractivity contribution in [2.45, 2.75) is 20.4 Å². The lowest BCUT2D eigenvalue weighted by molar-refractivity contribution is -0.907. The smallest absolute Gasteiger partial charge is 0.253 e. The van der Waals surface area contributed by atoms with Gasteiger partial charge in [-0.15, -0.1) is 0 Å². The lowest BCUT2D eigenvalue weighted by Gasteiger charge is -2.29. The minimum atomic E-state index is -0.0469. The van der Waals surface area contributed by atoms with E-state index in [0.29, 0.717) is 11.7 Å². The molecular formula is C20H29N4O2S+. The van der Waals surface area contributed by atoms with Crippen LogP contribution in [0.2, 0.25) is 0 Å². The molecule has 7 heteroatoms. The standard InChI is InChI=1S/C20H28N4O2S/c1-3-21-20(27)24(7-6-23-8-10-26-11-9-23)14-17-13-16-12-15(2)4-5-18(16)22-19(17)25/h4-5,12-13H,3,6-11,14H2,1-2H3,(H,21,27)(H,22,25)/p+1. The Morgan fingerprint density at radius 2 is 2.11 bits per heavy atom. The molecule has 1 aromatic carbocycles. The van der Waals surface area contributed by atoms with Gasteiger partial charge in [0.05, 0.1) is 32.8 Å².